The average molecular weight is 549 g/mol. The van der Waals surface area contributed by atoms with Crippen molar-refractivity contribution < 1.29 is 14.3 Å². The third kappa shape index (κ3) is 5.05. The largest absolute Gasteiger partial charge is 0.478 e. The maximum atomic E-state index is 11.8. The summed E-state index contributed by atoms with van der Waals surface area (Å²) in [7, 11) is 0. The van der Waals surface area contributed by atoms with Gasteiger partial charge >= 0.3 is 5.97 Å². The summed E-state index contributed by atoms with van der Waals surface area (Å²) < 4.78 is 10.8. The monoisotopic (exact) mass is 547 g/mol. The maximum absolute atomic E-state index is 11.8. The van der Waals surface area contributed by atoms with Crippen LogP contribution in [0.15, 0.2) is 69.0 Å². The minimum atomic E-state index is -0.821. The van der Waals surface area contributed by atoms with E-state index in [-0.39, 0.29) is 21.4 Å². The molecule has 6 nitrogen and oxygen atoms in total. The molecule has 1 N–H and O–H groups in total. The Balaban J connectivity index is 1.84. The molecule has 0 spiro atoms. The van der Waals surface area contributed by atoms with Crippen LogP contribution < -0.4 is 0 Å². The number of nitrogens with one attached hydrogen (secondary N) is 1. The molecule has 2 aromatic rings. The van der Waals surface area contributed by atoms with Crippen LogP contribution >= 0.6 is 46.4 Å². The Hall–Kier alpha value is -2.95. The second-order valence-corrected chi connectivity index (χ2v) is 9.03. The number of cyclic esters (lactones) is 1. The summed E-state index contributed by atoms with van der Waals surface area (Å²) in [5, 5.41) is 10.2. The van der Waals surface area contributed by atoms with Crippen molar-refractivity contribution in [1.82, 2.24) is 4.98 Å². The molecular weight excluding hydrogens is 532 g/mol. The number of carbonyl (C=O) groups excluding carboxylic acids is 1. The standard InChI is InChI=1S/C25H17Cl4N3O3/c1-2-3-11-34-19-10-9-18(32-19)21(20-14(26)5-4-6-15(20)27)17-8-7-16(31-17)13(12-30)24-22(28)23(29)25(33)35-24/h4-10,31H,2-3,11H2,1H3/b21-18+,24-13-. The number of aliphatic imine (C=N–C) groups is 1. The summed E-state index contributed by atoms with van der Waals surface area (Å²) >= 11 is 25.1. The molecule has 0 amide bonds. The van der Waals surface area contributed by atoms with Gasteiger partial charge in [-0.05, 0) is 36.8 Å². The first-order valence-electron chi connectivity index (χ1n) is 10.6. The molecule has 0 saturated heterocycles. The summed E-state index contributed by atoms with van der Waals surface area (Å²) in [4.78, 5) is 19.6. The van der Waals surface area contributed by atoms with Crippen LogP contribution in [0, 0.1) is 11.3 Å². The van der Waals surface area contributed by atoms with Gasteiger partial charge in [0.1, 0.15) is 21.7 Å². The van der Waals surface area contributed by atoms with Crippen LogP contribution in [-0.2, 0) is 14.3 Å². The minimum Gasteiger partial charge on any atom is -0.478 e. The number of aromatic amines is 1. The van der Waals surface area contributed by atoms with E-state index in [9.17, 15) is 10.1 Å². The highest BCUT2D eigenvalue weighted by molar-refractivity contribution is 6.50. The van der Waals surface area contributed by atoms with Gasteiger partial charge in [0, 0.05) is 22.9 Å². The maximum Gasteiger partial charge on any atom is 0.356 e. The van der Waals surface area contributed by atoms with Crippen molar-refractivity contribution >= 4 is 69.4 Å². The molecule has 3 heterocycles. The highest BCUT2D eigenvalue weighted by Gasteiger charge is 2.31. The molecule has 0 atom stereocenters. The number of nitriles is 1. The van der Waals surface area contributed by atoms with E-state index >= 15 is 0 Å². The zero-order chi connectivity index (χ0) is 25.1. The third-order valence-electron chi connectivity index (χ3n) is 5.16. The Kier molecular flexibility index (Phi) is 7.73. The Morgan fingerprint density at radius 3 is 2.43 bits per heavy atom. The molecule has 1 aromatic carbocycles. The van der Waals surface area contributed by atoms with E-state index in [1.165, 1.54) is 0 Å². The Labute approximate surface area is 221 Å². The minimum absolute atomic E-state index is 0.00825. The van der Waals surface area contributed by atoms with E-state index in [4.69, 9.17) is 55.9 Å². The van der Waals surface area contributed by atoms with Gasteiger partial charge in [-0.3, -0.25) is 0 Å². The van der Waals surface area contributed by atoms with Crippen LogP contribution in [0.5, 0.6) is 0 Å². The number of hydrogen-bond acceptors (Lipinski definition) is 5. The predicted molar refractivity (Wildman–Crippen MR) is 138 cm³/mol. The second kappa shape index (κ2) is 10.8. The van der Waals surface area contributed by atoms with E-state index in [1.54, 1.807) is 42.5 Å². The van der Waals surface area contributed by atoms with E-state index in [0.717, 1.165) is 12.8 Å². The number of unbranched alkanes of at least 4 members (excludes halogenated alkanes) is 1. The lowest BCUT2D eigenvalue weighted by Crippen LogP contribution is -2.01. The molecule has 4 rings (SSSR count). The number of ether oxygens (including phenoxy) is 2. The lowest BCUT2D eigenvalue weighted by atomic mass is 10.0. The Bertz CT molecular complexity index is 1390. The topological polar surface area (TPSA) is 87.5 Å². The van der Waals surface area contributed by atoms with E-state index in [1.807, 2.05) is 6.07 Å². The third-order valence-corrected chi connectivity index (χ3v) is 6.59. The number of benzene rings is 1. The summed E-state index contributed by atoms with van der Waals surface area (Å²) in [6, 6.07) is 10.6. The van der Waals surface area contributed by atoms with Crippen LogP contribution in [0.4, 0.5) is 0 Å². The molecule has 1 aromatic heterocycles. The van der Waals surface area contributed by atoms with Crippen molar-refractivity contribution in [1.29, 1.82) is 5.26 Å². The molecule has 0 aliphatic carbocycles. The number of aromatic nitrogens is 1. The molecule has 0 radical (unpaired) electrons. The van der Waals surface area contributed by atoms with Crippen molar-refractivity contribution in [3.63, 3.8) is 0 Å². The van der Waals surface area contributed by atoms with Gasteiger partial charge in [0.15, 0.2) is 5.76 Å². The molecule has 0 fully saturated rings. The zero-order valence-electron chi connectivity index (χ0n) is 18.3. The van der Waals surface area contributed by atoms with Crippen LogP contribution in [0.25, 0.3) is 11.1 Å². The van der Waals surface area contributed by atoms with Crippen molar-refractivity contribution in [2.75, 3.05) is 6.61 Å². The second-order valence-electron chi connectivity index (χ2n) is 7.46. The smallest absolute Gasteiger partial charge is 0.356 e. The number of rotatable bonds is 6. The van der Waals surface area contributed by atoms with Gasteiger partial charge in [0.25, 0.3) is 0 Å². The van der Waals surface area contributed by atoms with E-state index in [0.29, 0.717) is 50.8 Å². The van der Waals surface area contributed by atoms with Gasteiger partial charge in [0.05, 0.1) is 28.0 Å². The molecule has 2 aliphatic heterocycles. The summed E-state index contributed by atoms with van der Waals surface area (Å²) in [5.41, 5.74) is 2.65. The number of halogens is 4. The molecular formula is C25H17Cl4N3O3. The first-order valence-corrected chi connectivity index (χ1v) is 12.1. The van der Waals surface area contributed by atoms with Gasteiger partial charge in [0.2, 0.25) is 5.90 Å². The first kappa shape index (κ1) is 25.2. The quantitative estimate of drug-likeness (QED) is 0.232. The fourth-order valence-electron chi connectivity index (χ4n) is 3.47. The molecule has 10 heteroatoms. The molecule has 178 valence electrons. The summed E-state index contributed by atoms with van der Waals surface area (Å²) in [6.45, 7) is 2.63. The van der Waals surface area contributed by atoms with Crippen molar-refractivity contribution in [3.8, 4) is 6.07 Å². The van der Waals surface area contributed by atoms with E-state index < -0.39 is 5.97 Å². The average Bonchev–Trinajstić information content (AvgIpc) is 3.55. The van der Waals surface area contributed by atoms with Gasteiger partial charge in [-0.1, -0.05) is 65.8 Å². The van der Waals surface area contributed by atoms with E-state index in [2.05, 4.69) is 16.9 Å². The van der Waals surface area contributed by atoms with Gasteiger partial charge in [-0.25, -0.2) is 9.79 Å². The summed E-state index contributed by atoms with van der Waals surface area (Å²) in [6.07, 6.45) is 5.49. The molecule has 35 heavy (non-hydrogen) atoms. The molecule has 0 saturated carbocycles. The number of nitrogens with zero attached hydrogens (tertiary/aromatic N) is 2. The SMILES string of the molecule is CCCCOC1=N/C(=C(\c2ccc(/C(C#N)=C3\OC(=O)C(Cl)=C3Cl)[nH]2)c2c(Cl)cccc2Cl)C=C1. The zero-order valence-corrected chi connectivity index (χ0v) is 21.3. The van der Waals surface area contributed by atoms with Gasteiger partial charge in [-0.15, -0.1) is 0 Å². The lowest BCUT2D eigenvalue weighted by Gasteiger charge is -2.12. The number of allylic oxidation sites excluding steroid dienone is 3. The van der Waals surface area contributed by atoms with Crippen molar-refractivity contribution in [3.05, 3.63) is 91.0 Å². The molecule has 0 bridgehead atoms. The molecule has 0 unspecified atom stereocenters. The number of carbonyl (C=O) groups is 1. The van der Waals surface area contributed by atoms with Crippen LogP contribution in [-0.4, -0.2) is 23.5 Å². The Morgan fingerprint density at radius 2 is 1.80 bits per heavy atom. The highest BCUT2D eigenvalue weighted by atomic mass is 35.5. The fraction of sp³-hybridized carbons (Fsp3) is 0.160. The van der Waals surface area contributed by atoms with Crippen molar-refractivity contribution in [2.45, 2.75) is 19.8 Å². The predicted octanol–water partition coefficient (Wildman–Crippen LogP) is 7.35. The van der Waals surface area contributed by atoms with Crippen molar-refractivity contribution in [2.24, 2.45) is 4.99 Å². The lowest BCUT2D eigenvalue weighted by molar-refractivity contribution is -0.132. The first-order chi connectivity index (χ1) is 16.8. The molecule has 2 aliphatic rings. The number of H-pyrrole nitrogens is 1. The fourth-order valence-corrected chi connectivity index (χ4v) is 4.40. The Morgan fingerprint density at radius 1 is 1.09 bits per heavy atom. The normalized spacial score (nSPS) is 17.9. The van der Waals surface area contributed by atoms with Crippen LogP contribution in [0.3, 0.4) is 0 Å². The highest BCUT2D eigenvalue weighted by Crippen LogP contribution is 2.40. The van der Waals surface area contributed by atoms with Gasteiger partial charge < -0.3 is 14.5 Å². The van der Waals surface area contributed by atoms with Gasteiger partial charge in [-0.2, -0.15) is 5.26 Å². The van der Waals surface area contributed by atoms with Crippen LogP contribution in [0.1, 0.15) is 36.7 Å². The summed E-state index contributed by atoms with van der Waals surface area (Å²) in [5.74, 6) is -0.462. The number of esters is 1. The number of hydrogen-bond donors (Lipinski definition) is 1. The van der Waals surface area contributed by atoms with Crippen LogP contribution in [0.2, 0.25) is 10.0 Å².